The van der Waals surface area contributed by atoms with Crippen LogP contribution in [0.4, 0.5) is 0 Å². The summed E-state index contributed by atoms with van der Waals surface area (Å²) in [6, 6.07) is 56.2. The van der Waals surface area contributed by atoms with E-state index in [0.717, 1.165) is 133 Å². The standard InChI is InChI=1S/C66H63N15O/c1-45-12-9-19-56(69-45)60-71-58(74-76-60)49-29-36-78(37-30-49)42-47-21-25-52(26-22-47)65(53-27-23-48(24-28-53)43-79-38-31-50(32-39-79)59-72-61(77-75-59)57-20-10-13-46(2)70-57)66(54-15-5-3-6-16-54,55-17-7-4-8-18-55)81-41-34-68-64(63(81)73-65)82-44-51-14-11-35-80-40-33-67-62(51)80/h3-28,33-35,40-41,49-50H,29-32,36-39,42-44H2,1-2H3,(H,71,74,76)(H,72,75,77). The van der Waals surface area contributed by atoms with E-state index in [1.54, 1.807) is 0 Å². The number of H-pyrrole nitrogens is 2. The van der Waals surface area contributed by atoms with Crippen LogP contribution in [0.25, 0.3) is 28.7 Å². The van der Waals surface area contributed by atoms with Crippen molar-refractivity contribution in [3.8, 4) is 23.0 Å². The number of hydrogen-bond acceptors (Lipinski definition) is 13. The van der Waals surface area contributed by atoms with Crippen molar-refractivity contribution in [2.45, 2.75) is 82.1 Å². The van der Waals surface area contributed by atoms with Crippen molar-refractivity contribution in [1.82, 2.24) is 64.4 Å². The lowest BCUT2D eigenvalue weighted by Gasteiger charge is -2.50. The predicted octanol–water partition coefficient (Wildman–Crippen LogP) is 11.1. The fraction of sp³-hybridized carbons (Fsp3) is 0.258. The van der Waals surface area contributed by atoms with Gasteiger partial charge in [0.2, 0.25) is 0 Å². The van der Waals surface area contributed by atoms with Gasteiger partial charge in [-0.1, -0.05) is 127 Å². The first-order valence-electron chi connectivity index (χ1n) is 28.5. The molecule has 408 valence electrons. The molecular formula is C66H63N15O. The number of aromatic nitrogens is 10. The van der Waals surface area contributed by atoms with Crippen molar-refractivity contribution in [3.05, 3.63) is 251 Å². The Morgan fingerprint density at radius 1 is 0.549 bits per heavy atom. The van der Waals surface area contributed by atoms with Crippen LogP contribution in [0.1, 0.15) is 99.5 Å². The fourth-order valence-corrected chi connectivity index (χ4v) is 12.9. The second-order valence-corrected chi connectivity index (χ2v) is 22.1. The molecule has 0 atom stereocenters. The fourth-order valence-electron chi connectivity index (χ4n) is 12.9. The summed E-state index contributed by atoms with van der Waals surface area (Å²) in [6.07, 6.45) is 13.6. The van der Waals surface area contributed by atoms with Crippen LogP contribution in [0.2, 0.25) is 0 Å². The molecule has 2 N–H and O–H groups in total. The number of imidazole rings is 1. The Labute approximate surface area is 476 Å². The molecule has 10 aromatic rings. The largest absolute Gasteiger partial charge is 0.470 e. The Hall–Kier alpha value is -9.25. The number of amidine groups is 1. The van der Waals surface area contributed by atoms with E-state index in [9.17, 15) is 0 Å². The number of aromatic amines is 2. The third kappa shape index (κ3) is 9.36. The van der Waals surface area contributed by atoms with Gasteiger partial charge in [0.1, 0.15) is 46.4 Å². The molecule has 0 bridgehead atoms. The lowest BCUT2D eigenvalue weighted by Crippen LogP contribution is -2.56. The highest BCUT2D eigenvalue weighted by Crippen LogP contribution is 2.60. The molecule has 4 aromatic carbocycles. The number of piperidine rings is 2. The molecular weight excluding hydrogens is 1020 g/mol. The second-order valence-electron chi connectivity index (χ2n) is 22.1. The highest BCUT2D eigenvalue weighted by atomic mass is 16.5. The van der Waals surface area contributed by atoms with Crippen LogP contribution in [-0.2, 0) is 35.5 Å². The molecule has 14 rings (SSSR count). The number of fused-ring (bicyclic) bond motifs is 2. The number of aliphatic imine (C=N–C) groups is 2. The molecule has 0 radical (unpaired) electrons. The number of rotatable bonds is 14. The SMILES string of the molecule is Cc1cccc(-c2n[nH]c(C3CCN(Cc4ccc(C5(c6ccc(CN7CCC(c8nc(-c9cccc(C)n9)n[nH]8)CC7)cc6)N=C6C(OCc7cccn8ccnc78)=NC=CN6C5(c5ccccc5)c5ccccc5)cc4)CC3)n2)n1. The zero-order valence-electron chi connectivity index (χ0n) is 46.1. The Morgan fingerprint density at radius 2 is 1.09 bits per heavy atom. The zero-order valence-corrected chi connectivity index (χ0v) is 46.1. The maximum Gasteiger partial charge on any atom is 0.258 e. The first-order chi connectivity index (χ1) is 40.4. The zero-order chi connectivity index (χ0) is 55.0. The number of pyridine rings is 3. The van der Waals surface area contributed by atoms with Crippen LogP contribution in [0.15, 0.2) is 199 Å². The van der Waals surface area contributed by atoms with Gasteiger partial charge >= 0.3 is 0 Å². The molecule has 2 fully saturated rings. The summed E-state index contributed by atoms with van der Waals surface area (Å²) in [7, 11) is 0. The summed E-state index contributed by atoms with van der Waals surface area (Å²) in [5.74, 6) is 4.88. The number of nitrogens with one attached hydrogen (secondary N) is 2. The van der Waals surface area contributed by atoms with Crippen molar-refractivity contribution < 1.29 is 4.74 Å². The van der Waals surface area contributed by atoms with E-state index in [0.29, 0.717) is 35.2 Å². The predicted molar refractivity (Wildman–Crippen MR) is 316 cm³/mol. The monoisotopic (exact) mass is 1080 g/mol. The van der Waals surface area contributed by atoms with Crippen LogP contribution in [0.5, 0.6) is 0 Å². The van der Waals surface area contributed by atoms with Gasteiger partial charge in [0.15, 0.2) is 17.5 Å². The molecule has 0 saturated carbocycles. The molecule has 10 heterocycles. The van der Waals surface area contributed by atoms with Crippen LogP contribution >= 0.6 is 0 Å². The third-order valence-electron chi connectivity index (χ3n) is 17.0. The van der Waals surface area contributed by atoms with E-state index in [1.165, 1.54) is 11.1 Å². The van der Waals surface area contributed by atoms with Gasteiger partial charge in [-0.3, -0.25) is 20.0 Å². The average molecular weight is 1080 g/mol. The topological polar surface area (TPSA) is 170 Å². The highest BCUT2D eigenvalue weighted by Gasteiger charge is 2.65. The summed E-state index contributed by atoms with van der Waals surface area (Å²) in [5.41, 5.74) is 9.97. The molecule has 16 nitrogen and oxygen atoms in total. The van der Waals surface area contributed by atoms with Crippen LogP contribution < -0.4 is 0 Å². The molecule has 82 heavy (non-hydrogen) atoms. The highest BCUT2D eigenvalue weighted by molar-refractivity contribution is 6.39. The van der Waals surface area contributed by atoms with Crippen molar-refractivity contribution >= 4 is 17.4 Å². The van der Waals surface area contributed by atoms with Crippen molar-refractivity contribution in [2.24, 2.45) is 9.98 Å². The van der Waals surface area contributed by atoms with Gasteiger partial charge in [-0.05, 0) is 129 Å². The van der Waals surface area contributed by atoms with Gasteiger partial charge in [-0.15, -0.1) is 0 Å². The summed E-state index contributed by atoms with van der Waals surface area (Å²) in [5, 5.41) is 15.6. The lowest BCUT2D eigenvalue weighted by molar-refractivity contribution is 0.200. The summed E-state index contributed by atoms with van der Waals surface area (Å²) in [6.45, 7) is 9.69. The Balaban J connectivity index is 0.797. The number of ether oxygens (including phenoxy) is 1. The summed E-state index contributed by atoms with van der Waals surface area (Å²) in [4.78, 5) is 42.3. The van der Waals surface area contributed by atoms with Gasteiger partial charge in [-0.25, -0.2) is 34.9 Å². The summed E-state index contributed by atoms with van der Waals surface area (Å²) < 4.78 is 8.87. The van der Waals surface area contributed by atoms with E-state index in [2.05, 4.69) is 172 Å². The lowest BCUT2D eigenvalue weighted by atomic mass is 9.62. The van der Waals surface area contributed by atoms with E-state index < -0.39 is 11.1 Å². The van der Waals surface area contributed by atoms with Gasteiger partial charge in [-0.2, -0.15) is 10.2 Å². The molecule has 0 amide bonds. The number of aryl methyl sites for hydroxylation is 2. The maximum absolute atomic E-state index is 6.86. The molecule has 0 spiro atoms. The Morgan fingerprint density at radius 3 is 1.61 bits per heavy atom. The van der Waals surface area contributed by atoms with Gasteiger partial charge in [0.05, 0.1) is 0 Å². The normalized spacial score (nSPS) is 17.5. The maximum atomic E-state index is 6.86. The molecule has 16 heteroatoms. The van der Waals surface area contributed by atoms with Crippen LogP contribution in [-0.4, -0.2) is 102 Å². The van der Waals surface area contributed by atoms with Gasteiger partial charge in [0.25, 0.3) is 5.90 Å². The van der Waals surface area contributed by atoms with E-state index >= 15 is 0 Å². The minimum atomic E-state index is -1.07. The summed E-state index contributed by atoms with van der Waals surface area (Å²) >= 11 is 0. The minimum Gasteiger partial charge on any atom is -0.470 e. The Bertz CT molecular complexity index is 3770. The van der Waals surface area contributed by atoms with Gasteiger partial charge < -0.3 is 14.0 Å². The molecule has 2 saturated heterocycles. The number of hydrogen-bond donors (Lipinski definition) is 2. The van der Waals surface area contributed by atoms with E-state index in [1.807, 2.05) is 85.5 Å². The average Bonchev–Trinajstić information content (AvgIpc) is 2.35. The second kappa shape index (κ2) is 21.7. The van der Waals surface area contributed by atoms with Crippen LogP contribution in [0.3, 0.4) is 0 Å². The molecule has 4 aliphatic rings. The first-order valence-corrected chi connectivity index (χ1v) is 28.5. The van der Waals surface area contributed by atoms with Crippen molar-refractivity contribution in [2.75, 3.05) is 26.2 Å². The third-order valence-corrected chi connectivity index (χ3v) is 17.0. The number of likely N-dealkylation sites (tertiary alicyclic amines) is 2. The van der Waals surface area contributed by atoms with Crippen molar-refractivity contribution in [1.29, 1.82) is 0 Å². The van der Waals surface area contributed by atoms with Crippen molar-refractivity contribution in [3.63, 3.8) is 0 Å². The Kier molecular flexibility index (Phi) is 13.5. The van der Waals surface area contributed by atoms with E-state index in [-0.39, 0.29) is 6.61 Å². The van der Waals surface area contributed by atoms with Gasteiger partial charge in [0, 0.05) is 72.9 Å². The molecule has 6 aromatic heterocycles. The number of nitrogens with zero attached hydrogens (tertiary/aromatic N) is 13. The molecule has 0 aliphatic carbocycles. The minimum absolute atomic E-state index is 0.254. The molecule has 4 aliphatic heterocycles. The molecule has 0 unspecified atom stereocenters. The smallest absolute Gasteiger partial charge is 0.258 e. The quantitative estimate of drug-likeness (QED) is 0.106. The number of benzene rings is 4. The van der Waals surface area contributed by atoms with E-state index in [4.69, 9.17) is 24.7 Å². The van der Waals surface area contributed by atoms with Crippen LogP contribution in [0, 0.1) is 13.8 Å². The first kappa shape index (κ1) is 50.9.